The van der Waals surface area contributed by atoms with Crippen LogP contribution in [-0.4, -0.2) is 46.8 Å². The molecule has 1 aromatic carbocycles. The SMILES string of the molecule is CNC1CCN(C(=O)c2cc3c(C)nn(-c4ccccc4)c3s2)CC1.Cl. The molecule has 0 atom stereocenters. The number of amides is 1. The molecule has 7 heteroatoms. The van der Waals surface area contributed by atoms with Gasteiger partial charge < -0.3 is 10.2 Å². The molecule has 3 heterocycles. The molecule has 0 spiro atoms. The number of benzene rings is 1. The molecule has 1 fully saturated rings. The minimum atomic E-state index is 0. The Bertz CT molecular complexity index is 897. The summed E-state index contributed by atoms with van der Waals surface area (Å²) < 4.78 is 1.94. The van der Waals surface area contributed by atoms with E-state index in [4.69, 9.17) is 0 Å². The molecule has 5 nitrogen and oxygen atoms in total. The van der Waals surface area contributed by atoms with Gasteiger partial charge in [-0.25, -0.2) is 4.68 Å². The summed E-state index contributed by atoms with van der Waals surface area (Å²) in [4.78, 5) is 16.7. The zero-order chi connectivity index (χ0) is 17.4. The molecule has 138 valence electrons. The van der Waals surface area contributed by atoms with E-state index in [1.807, 2.05) is 60.0 Å². The van der Waals surface area contributed by atoms with Crippen LogP contribution in [0.5, 0.6) is 0 Å². The van der Waals surface area contributed by atoms with Crippen molar-refractivity contribution in [2.75, 3.05) is 20.1 Å². The van der Waals surface area contributed by atoms with Crippen LogP contribution in [0, 0.1) is 6.92 Å². The van der Waals surface area contributed by atoms with Crippen LogP contribution >= 0.6 is 23.7 Å². The summed E-state index contributed by atoms with van der Waals surface area (Å²) in [6, 6.07) is 12.6. The van der Waals surface area contributed by atoms with Crippen molar-refractivity contribution in [3.05, 3.63) is 47.0 Å². The van der Waals surface area contributed by atoms with E-state index in [2.05, 4.69) is 10.4 Å². The minimum absolute atomic E-state index is 0. The van der Waals surface area contributed by atoms with Crippen molar-refractivity contribution in [3.63, 3.8) is 0 Å². The normalized spacial score (nSPS) is 15.2. The Hall–Kier alpha value is -1.89. The van der Waals surface area contributed by atoms with Crippen LogP contribution in [-0.2, 0) is 0 Å². The van der Waals surface area contributed by atoms with Crippen LogP contribution in [0.3, 0.4) is 0 Å². The lowest BCUT2D eigenvalue weighted by Gasteiger charge is -2.31. The fourth-order valence-corrected chi connectivity index (χ4v) is 4.57. The fourth-order valence-electron chi connectivity index (χ4n) is 3.42. The molecule has 1 saturated heterocycles. The molecule has 2 aromatic heterocycles. The molecule has 0 unspecified atom stereocenters. The first kappa shape index (κ1) is 18.9. The summed E-state index contributed by atoms with van der Waals surface area (Å²) in [5.74, 6) is 0.148. The number of rotatable bonds is 3. The number of carbonyl (C=O) groups is 1. The van der Waals surface area contributed by atoms with Gasteiger partial charge in [0.25, 0.3) is 5.91 Å². The summed E-state index contributed by atoms with van der Waals surface area (Å²) in [7, 11) is 1.99. The maximum atomic E-state index is 12.9. The lowest BCUT2D eigenvalue weighted by molar-refractivity contribution is 0.0712. The van der Waals surface area contributed by atoms with Crippen LogP contribution in [0.25, 0.3) is 15.9 Å². The lowest BCUT2D eigenvalue weighted by Crippen LogP contribution is -2.43. The Balaban J connectivity index is 0.00000196. The average molecular weight is 391 g/mol. The predicted octanol–water partition coefficient (Wildman–Crippen LogP) is 3.64. The van der Waals surface area contributed by atoms with Gasteiger partial charge in [-0.15, -0.1) is 23.7 Å². The van der Waals surface area contributed by atoms with Crippen LogP contribution < -0.4 is 5.32 Å². The van der Waals surface area contributed by atoms with Crippen molar-refractivity contribution in [1.82, 2.24) is 20.0 Å². The Morgan fingerprint density at radius 2 is 1.92 bits per heavy atom. The molecule has 4 rings (SSSR count). The van der Waals surface area contributed by atoms with E-state index in [0.717, 1.165) is 52.4 Å². The van der Waals surface area contributed by atoms with Gasteiger partial charge in [0.05, 0.1) is 16.3 Å². The Morgan fingerprint density at radius 3 is 2.58 bits per heavy atom. The highest BCUT2D eigenvalue weighted by molar-refractivity contribution is 7.20. The summed E-state index contributed by atoms with van der Waals surface area (Å²) in [6.07, 6.45) is 2.04. The van der Waals surface area contributed by atoms with Gasteiger partial charge in [0.15, 0.2) is 0 Å². The van der Waals surface area contributed by atoms with Crippen LogP contribution in [0.2, 0.25) is 0 Å². The average Bonchev–Trinajstić information content (AvgIpc) is 3.23. The predicted molar refractivity (Wildman–Crippen MR) is 109 cm³/mol. The highest BCUT2D eigenvalue weighted by Crippen LogP contribution is 2.31. The number of fused-ring (bicyclic) bond motifs is 1. The number of piperidine rings is 1. The Kier molecular flexibility index (Phi) is 5.65. The zero-order valence-electron chi connectivity index (χ0n) is 14.9. The first-order valence-corrected chi connectivity index (χ1v) is 9.50. The number of nitrogens with one attached hydrogen (secondary N) is 1. The summed E-state index contributed by atoms with van der Waals surface area (Å²) in [6.45, 7) is 3.64. The van der Waals surface area contributed by atoms with E-state index < -0.39 is 0 Å². The summed E-state index contributed by atoms with van der Waals surface area (Å²) >= 11 is 1.54. The van der Waals surface area contributed by atoms with E-state index in [0.29, 0.717) is 6.04 Å². The third-order valence-electron chi connectivity index (χ3n) is 4.95. The van der Waals surface area contributed by atoms with Gasteiger partial charge in [0.2, 0.25) is 0 Å². The molecule has 0 bridgehead atoms. The second-order valence-corrected chi connectivity index (χ2v) is 7.55. The van der Waals surface area contributed by atoms with Gasteiger partial charge in [-0.3, -0.25) is 4.79 Å². The molecular formula is C19H23ClN4OS. The maximum absolute atomic E-state index is 12.9. The molecule has 0 saturated carbocycles. The van der Waals surface area contributed by atoms with Crippen molar-refractivity contribution in [2.45, 2.75) is 25.8 Å². The molecule has 0 aliphatic carbocycles. The number of aryl methyl sites for hydroxylation is 1. The highest BCUT2D eigenvalue weighted by atomic mass is 35.5. The molecular weight excluding hydrogens is 368 g/mol. The first-order chi connectivity index (χ1) is 12.2. The van der Waals surface area contributed by atoms with Crippen LogP contribution in [0.4, 0.5) is 0 Å². The number of thiophene rings is 1. The highest BCUT2D eigenvalue weighted by Gasteiger charge is 2.25. The minimum Gasteiger partial charge on any atom is -0.338 e. The van der Waals surface area contributed by atoms with Crippen molar-refractivity contribution in [1.29, 1.82) is 0 Å². The number of carbonyl (C=O) groups excluding carboxylic acids is 1. The molecule has 0 radical (unpaired) electrons. The van der Waals surface area contributed by atoms with Gasteiger partial charge in [0.1, 0.15) is 4.83 Å². The second kappa shape index (κ2) is 7.78. The number of halogens is 1. The monoisotopic (exact) mass is 390 g/mol. The van der Waals surface area contributed by atoms with E-state index >= 15 is 0 Å². The number of para-hydroxylation sites is 1. The molecule has 1 amide bonds. The topological polar surface area (TPSA) is 50.2 Å². The molecule has 1 aliphatic rings. The Morgan fingerprint density at radius 1 is 1.23 bits per heavy atom. The quantitative estimate of drug-likeness (QED) is 0.742. The molecule has 3 aromatic rings. The van der Waals surface area contributed by atoms with E-state index in [1.165, 1.54) is 0 Å². The number of likely N-dealkylation sites (tertiary alicyclic amines) is 1. The third kappa shape index (κ3) is 3.37. The van der Waals surface area contributed by atoms with Crippen molar-refractivity contribution in [3.8, 4) is 5.69 Å². The lowest BCUT2D eigenvalue weighted by atomic mass is 10.1. The summed E-state index contributed by atoms with van der Waals surface area (Å²) in [5.41, 5.74) is 1.99. The molecule has 1 aliphatic heterocycles. The summed E-state index contributed by atoms with van der Waals surface area (Å²) in [5, 5.41) is 9.03. The maximum Gasteiger partial charge on any atom is 0.264 e. The van der Waals surface area contributed by atoms with Crippen LogP contribution in [0.15, 0.2) is 36.4 Å². The Labute approximate surface area is 163 Å². The standard InChI is InChI=1S/C19H22N4OS.ClH/c1-13-16-12-17(18(24)22-10-8-14(20-2)9-11-22)25-19(16)23(21-13)15-6-4-3-5-7-15;/h3-7,12,14,20H,8-11H2,1-2H3;1H. The van der Waals surface area contributed by atoms with Gasteiger partial charge in [0, 0.05) is 24.5 Å². The van der Waals surface area contributed by atoms with Crippen molar-refractivity contribution >= 4 is 39.9 Å². The van der Waals surface area contributed by atoms with Crippen molar-refractivity contribution in [2.24, 2.45) is 0 Å². The van der Waals surface area contributed by atoms with E-state index in [1.54, 1.807) is 11.3 Å². The molecule has 26 heavy (non-hydrogen) atoms. The van der Waals surface area contributed by atoms with Gasteiger partial charge in [-0.1, -0.05) is 18.2 Å². The number of nitrogens with zero attached hydrogens (tertiary/aromatic N) is 3. The first-order valence-electron chi connectivity index (χ1n) is 8.68. The largest absolute Gasteiger partial charge is 0.338 e. The van der Waals surface area contributed by atoms with Crippen molar-refractivity contribution < 1.29 is 4.79 Å². The zero-order valence-corrected chi connectivity index (χ0v) is 16.6. The van der Waals surface area contributed by atoms with Gasteiger partial charge >= 0.3 is 0 Å². The van der Waals surface area contributed by atoms with E-state index in [9.17, 15) is 4.79 Å². The molecule has 1 N–H and O–H groups in total. The number of hydrogen-bond acceptors (Lipinski definition) is 4. The smallest absolute Gasteiger partial charge is 0.264 e. The number of aromatic nitrogens is 2. The van der Waals surface area contributed by atoms with E-state index in [-0.39, 0.29) is 18.3 Å². The second-order valence-electron chi connectivity index (χ2n) is 6.52. The van der Waals surface area contributed by atoms with Crippen LogP contribution in [0.1, 0.15) is 28.2 Å². The fraction of sp³-hybridized carbons (Fsp3) is 0.368. The number of hydrogen-bond donors (Lipinski definition) is 1. The van der Waals surface area contributed by atoms with Gasteiger partial charge in [-0.05, 0) is 45.0 Å². The third-order valence-corrected chi connectivity index (χ3v) is 6.05. The van der Waals surface area contributed by atoms with Gasteiger partial charge in [-0.2, -0.15) is 5.10 Å².